The summed E-state index contributed by atoms with van der Waals surface area (Å²) in [4.78, 5) is -0.421. The molecule has 0 saturated carbocycles. The lowest BCUT2D eigenvalue weighted by molar-refractivity contribution is 0.0902. The zero-order chi connectivity index (χ0) is 14.0. The minimum absolute atomic E-state index is 0.201. The maximum Gasteiger partial charge on any atom is 0.241 e. The van der Waals surface area contributed by atoms with Gasteiger partial charge in [-0.3, -0.25) is 0 Å². The Morgan fingerprint density at radius 2 is 1.95 bits per heavy atom. The summed E-state index contributed by atoms with van der Waals surface area (Å²) in [5.74, 6) is -1.85. The molecule has 0 radical (unpaired) electrons. The molecule has 2 rings (SSSR count). The number of rotatable bonds is 4. The van der Waals surface area contributed by atoms with E-state index in [2.05, 4.69) is 4.72 Å². The van der Waals surface area contributed by atoms with Crippen LogP contribution in [-0.2, 0) is 14.8 Å². The predicted molar refractivity (Wildman–Crippen MR) is 65.1 cm³/mol. The number of hydrogen-bond acceptors (Lipinski definition) is 3. The number of ether oxygens (including phenoxy) is 1. The van der Waals surface area contributed by atoms with Gasteiger partial charge in [0.15, 0.2) is 0 Å². The standard InChI is InChI=1S/C12H15F2NO3S/c1-8(12-3-2-4-18-12)15-19(16,17)11-6-9(13)5-10(14)7-11/h5-8,12,15H,2-4H2,1H3/t8-,12+/m1/s1. The zero-order valence-corrected chi connectivity index (χ0v) is 11.2. The van der Waals surface area contributed by atoms with Crippen molar-refractivity contribution in [2.75, 3.05) is 6.61 Å². The molecule has 0 amide bonds. The molecular formula is C12H15F2NO3S. The monoisotopic (exact) mass is 291 g/mol. The van der Waals surface area contributed by atoms with Gasteiger partial charge in [-0.2, -0.15) is 0 Å². The molecule has 0 aliphatic carbocycles. The van der Waals surface area contributed by atoms with Gasteiger partial charge in [0.25, 0.3) is 0 Å². The summed E-state index contributed by atoms with van der Waals surface area (Å²) in [5.41, 5.74) is 0. The quantitative estimate of drug-likeness (QED) is 0.920. The Kier molecular flexibility index (Phi) is 4.17. The van der Waals surface area contributed by atoms with Gasteiger partial charge in [-0.15, -0.1) is 0 Å². The van der Waals surface area contributed by atoms with Gasteiger partial charge in [-0.1, -0.05) is 0 Å². The Bertz CT molecular complexity index is 536. The molecule has 0 unspecified atom stereocenters. The van der Waals surface area contributed by atoms with Crippen LogP contribution in [0, 0.1) is 11.6 Å². The van der Waals surface area contributed by atoms with Crippen molar-refractivity contribution in [3.8, 4) is 0 Å². The predicted octanol–water partition coefficient (Wildman–Crippen LogP) is 1.81. The third kappa shape index (κ3) is 3.49. The van der Waals surface area contributed by atoms with Crippen LogP contribution in [0.15, 0.2) is 23.1 Å². The highest BCUT2D eigenvalue weighted by molar-refractivity contribution is 7.89. The summed E-state index contributed by atoms with van der Waals surface area (Å²) in [5, 5.41) is 0. The highest BCUT2D eigenvalue weighted by atomic mass is 32.2. The van der Waals surface area contributed by atoms with Gasteiger partial charge in [0, 0.05) is 18.7 Å². The maximum atomic E-state index is 13.0. The number of sulfonamides is 1. The minimum atomic E-state index is -3.95. The molecule has 0 bridgehead atoms. The SMILES string of the molecule is C[C@@H](NS(=O)(=O)c1cc(F)cc(F)c1)[C@@H]1CCCO1. The minimum Gasteiger partial charge on any atom is -0.377 e. The zero-order valence-electron chi connectivity index (χ0n) is 10.4. The lowest BCUT2D eigenvalue weighted by atomic mass is 10.1. The fourth-order valence-corrected chi connectivity index (χ4v) is 3.38. The molecule has 4 nitrogen and oxygen atoms in total. The summed E-state index contributed by atoms with van der Waals surface area (Å²) in [6.07, 6.45) is 1.44. The van der Waals surface area contributed by atoms with E-state index in [9.17, 15) is 17.2 Å². The van der Waals surface area contributed by atoms with Crippen molar-refractivity contribution >= 4 is 10.0 Å². The molecule has 7 heteroatoms. The lowest BCUT2D eigenvalue weighted by Crippen LogP contribution is -2.40. The number of benzene rings is 1. The van der Waals surface area contributed by atoms with Gasteiger partial charge in [0.05, 0.1) is 11.0 Å². The van der Waals surface area contributed by atoms with Gasteiger partial charge in [-0.25, -0.2) is 21.9 Å². The van der Waals surface area contributed by atoms with Crippen molar-refractivity contribution in [2.45, 2.75) is 36.8 Å². The van der Waals surface area contributed by atoms with Gasteiger partial charge < -0.3 is 4.74 Å². The number of nitrogens with one attached hydrogen (secondary N) is 1. The van der Waals surface area contributed by atoms with E-state index >= 15 is 0 Å². The van der Waals surface area contributed by atoms with Crippen molar-refractivity contribution in [3.05, 3.63) is 29.8 Å². The molecule has 2 atom stereocenters. The fraction of sp³-hybridized carbons (Fsp3) is 0.500. The molecule has 1 N–H and O–H groups in total. The second kappa shape index (κ2) is 5.52. The van der Waals surface area contributed by atoms with Gasteiger partial charge in [-0.05, 0) is 31.9 Å². The van der Waals surface area contributed by atoms with E-state index in [-0.39, 0.29) is 6.10 Å². The fourth-order valence-electron chi connectivity index (χ4n) is 2.07. The van der Waals surface area contributed by atoms with Crippen LogP contribution in [0.5, 0.6) is 0 Å². The van der Waals surface area contributed by atoms with Crippen LogP contribution >= 0.6 is 0 Å². The topological polar surface area (TPSA) is 55.4 Å². The molecule has 0 spiro atoms. The van der Waals surface area contributed by atoms with E-state index in [4.69, 9.17) is 4.74 Å². The van der Waals surface area contributed by atoms with Crippen LogP contribution in [0.3, 0.4) is 0 Å². The molecule has 19 heavy (non-hydrogen) atoms. The van der Waals surface area contributed by atoms with Crippen LogP contribution in [0.2, 0.25) is 0 Å². The molecule has 1 fully saturated rings. The molecule has 1 aromatic carbocycles. The normalized spacial score (nSPS) is 21.5. The average molecular weight is 291 g/mol. The first-order chi connectivity index (χ1) is 8.88. The molecule has 106 valence electrons. The van der Waals surface area contributed by atoms with E-state index in [1.807, 2.05) is 0 Å². The average Bonchev–Trinajstić information content (AvgIpc) is 2.80. The number of halogens is 2. The van der Waals surface area contributed by atoms with E-state index in [0.29, 0.717) is 12.7 Å². The highest BCUT2D eigenvalue weighted by Crippen LogP contribution is 2.18. The van der Waals surface area contributed by atoms with Crippen molar-refractivity contribution < 1.29 is 21.9 Å². The Morgan fingerprint density at radius 3 is 2.47 bits per heavy atom. The third-order valence-electron chi connectivity index (χ3n) is 3.01. The second-order valence-corrected chi connectivity index (χ2v) is 6.28. The van der Waals surface area contributed by atoms with Crippen LogP contribution in [0.25, 0.3) is 0 Å². The first-order valence-corrected chi connectivity index (χ1v) is 7.47. The lowest BCUT2D eigenvalue weighted by Gasteiger charge is -2.19. The van der Waals surface area contributed by atoms with Crippen LogP contribution < -0.4 is 4.72 Å². The van der Waals surface area contributed by atoms with Gasteiger partial charge >= 0.3 is 0 Å². The summed E-state index contributed by atoms with van der Waals surface area (Å²) in [6, 6.07) is 1.75. The Labute approximate surface area is 110 Å². The Hall–Kier alpha value is -1.05. The molecule has 1 aliphatic rings. The highest BCUT2D eigenvalue weighted by Gasteiger charge is 2.27. The summed E-state index contributed by atoms with van der Waals surface area (Å²) in [6.45, 7) is 2.27. The smallest absolute Gasteiger partial charge is 0.241 e. The maximum absolute atomic E-state index is 13.0. The van der Waals surface area contributed by atoms with Crippen molar-refractivity contribution in [2.24, 2.45) is 0 Å². The van der Waals surface area contributed by atoms with Crippen LogP contribution in [0.4, 0.5) is 8.78 Å². The molecule has 1 saturated heterocycles. The van der Waals surface area contributed by atoms with Gasteiger partial charge in [0.2, 0.25) is 10.0 Å². The largest absolute Gasteiger partial charge is 0.377 e. The van der Waals surface area contributed by atoms with Crippen LogP contribution in [-0.4, -0.2) is 27.2 Å². The van der Waals surface area contributed by atoms with E-state index in [1.54, 1.807) is 6.92 Å². The summed E-state index contributed by atoms with van der Waals surface area (Å²) >= 11 is 0. The molecule has 0 aromatic heterocycles. The van der Waals surface area contributed by atoms with Crippen molar-refractivity contribution in [1.82, 2.24) is 4.72 Å². The van der Waals surface area contributed by atoms with Crippen molar-refractivity contribution in [3.63, 3.8) is 0 Å². The van der Waals surface area contributed by atoms with E-state index in [0.717, 1.165) is 25.0 Å². The molecule has 1 aliphatic heterocycles. The molecule has 1 aromatic rings. The Morgan fingerprint density at radius 1 is 1.32 bits per heavy atom. The first kappa shape index (κ1) is 14.4. The van der Waals surface area contributed by atoms with Gasteiger partial charge in [0.1, 0.15) is 11.6 Å². The first-order valence-electron chi connectivity index (χ1n) is 5.98. The van der Waals surface area contributed by atoms with E-state index < -0.39 is 32.6 Å². The number of hydrogen-bond donors (Lipinski definition) is 1. The Balaban J connectivity index is 2.17. The second-order valence-electron chi connectivity index (χ2n) is 4.57. The summed E-state index contributed by atoms with van der Waals surface area (Å²) in [7, 11) is -3.95. The summed E-state index contributed by atoms with van der Waals surface area (Å²) < 4.78 is 57.8. The molecular weight excluding hydrogens is 276 g/mol. The van der Waals surface area contributed by atoms with E-state index in [1.165, 1.54) is 0 Å². The molecule has 1 heterocycles. The van der Waals surface area contributed by atoms with Crippen molar-refractivity contribution in [1.29, 1.82) is 0 Å². The third-order valence-corrected chi connectivity index (χ3v) is 4.55. The van der Waals surface area contributed by atoms with Crippen LogP contribution in [0.1, 0.15) is 19.8 Å².